The molecule has 5 aromatic rings. The fourth-order valence-corrected chi connectivity index (χ4v) is 3.44. The quantitative estimate of drug-likeness (QED) is 0.311. The molecule has 3 aromatic carbocycles. The Bertz CT molecular complexity index is 1270. The molecule has 0 spiro atoms. The summed E-state index contributed by atoms with van der Waals surface area (Å²) in [5.74, 6) is 1.49. The van der Waals surface area contributed by atoms with Crippen LogP contribution in [0.1, 0.15) is 0 Å². The molecule has 3 N–H and O–H groups in total. The van der Waals surface area contributed by atoms with E-state index >= 15 is 0 Å². The molecule has 2 aromatic heterocycles. The van der Waals surface area contributed by atoms with Crippen molar-refractivity contribution in [2.24, 2.45) is 0 Å². The van der Waals surface area contributed by atoms with Crippen LogP contribution in [0.25, 0.3) is 33.5 Å². The van der Waals surface area contributed by atoms with E-state index in [0.29, 0.717) is 11.0 Å². The van der Waals surface area contributed by atoms with E-state index in [-0.39, 0.29) is 0 Å². The summed E-state index contributed by atoms with van der Waals surface area (Å²) < 4.78 is 1.04. The summed E-state index contributed by atoms with van der Waals surface area (Å²) in [5, 5.41) is 3.97. The molecule has 0 amide bonds. The third-order valence-corrected chi connectivity index (χ3v) is 5.07. The van der Waals surface area contributed by atoms with Gasteiger partial charge in [-0.3, -0.25) is 0 Å². The lowest BCUT2D eigenvalue weighted by molar-refractivity contribution is 1.31. The van der Waals surface area contributed by atoms with Gasteiger partial charge >= 0.3 is 0 Å². The highest BCUT2D eigenvalue weighted by molar-refractivity contribution is 9.10. The highest BCUT2D eigenvalue weighted by Gasteiger charge is 2.09. The summed E-state index contributed by atoms with van der Waals surface area (Å²) in [5.41, 5.74) is 5.57. The van der Waals surface area contributed by atoms with Gasteiger partial charge in [0.15, 0.2) is 0 Å². The molecule has 0 atom stereocenters. The maximum atomic E-state index is 6.06. The number of hydrogen-bond acceptors (Lipinski definition) is 3. The molecule has 0 aliphatic heterocycles. The Morgan fingerprint density at radius 3 is 2.41 bits per heavy atom. The third-order valence-electron chi connectivity index (χ3n) is 4.31. The molecule has 0 saturated heterocycles. The Kier molecular flexibility index (Phi) is 3.88. The Hall–Kier alpha value is -2.83. The standard InChI is InChI=1S/C20H13BrClN5/c21-12-2-5-14(6-3-12)23-20-26-16-7-1-11(9-17(16)27-20)19-24-15-8-4-13(22)10-18(15)25-19/h1-10H,(H,24,25)(H2,23,26,27). The summed E-state index contributed by atoms with van der Waals surface area (Å²) in [6.45, 7) is 0. The predicted molar refractivity (Wildman–Crippen MR) is 114 cm³/mol. The molecule has 0 aliphatic carbocycles. The fourth-order valence-electron chi connectivity index (χ4n) is 3.00. The number of hydrogen-bond donors (Lipinski definition) is 3. The fraction of sp³-hybridized carbons (Fsp3) is 0. The van der Waals surface area contributed by atoms with Crippen LogP contribution in [0, 0.1) is 0 Å². The highest BCUT2D eigenvalue weighted by Crippen LogP contribution is 2.26. The number of anilines is 2. The van der Waals surface area contributed by atoms with Crippen molar-refractivity contribution in [2.75, 3.05) is 5.32 Å². The van der Waals surface area contributed by atoms with Crippen LogP contribution >= 0.6 is 27.5 Å². The van der Waals surface area contributed by atoms with Crippen LogP contribution in [-0.4, -0.2) is 19.9 Å². The van der Waals surface area contributed by atoms with Gasteiger partial charge in [-0.15, -0.1) is 0 Å². The number of H-pyrrole nitrogens is 2. The van der Waals surface area contributed by atoms with Crippen molar-refractivity contribution in [3.8, 4) is 11.4 Å². The van der Waals surface area contributed by atoms with Crippen molar-refractivity contribution in [1.29, 1.82) is 0 Å². The summed E-state index contributed by atoms with van der Waals surface area (Å²) >= 11 is 9.50. The van der Waals surface area contributed by atoms with Crippen LogP contribution in [0.3, 0.4) is 0 Å². The Morgan fingerprint density at radius 2 is 1.56 bits per heavy atom. The minimum absolute atomic E-state index is 0.686. The van der Waals surface area contributed by atoms with E-state index < -0.39 is 0 Å². The number of imidazole rings is 2. The van der Waals surface area contributed by atoms with Crippen LogP contribution in [-0.2, 0) is 0 Å². The zero-order valence-electron chi connectivity index (χ0n) is 13.9. The first-order valence-corrected chi connectivity index (χ1v) is 9.49. The largest absolute Gasteiger partial charge is 0.338 e. The van der Waals surface area contributed by atoms with Gasteiger partial charge in [-0.1, -0.05) is 27.5 Å². The van der Waals surface area contributed by atoms with E-state index in [1.54, 1.807) is 0 Å². The maximum Gasteiger partial charge on any atom is 0.205 e. The molecule has 132 valence electrons. The van der Waals surface area contributed by atoms with Crippen molar-refractivity contribution in [1.82, 2.24) is 19.9 Å². The summed E-state index contributed by atoms with van der Waals surface area (Å²) in [6, 6.07) is 19.6. The molecule has 0 radical (unpaired) electrons. The first kappa shape index (κ1) is 16.4. The van der Waals surface area contributed by atoms with Crippen molar-refractivity contribution in [3.05, 3.63) is 70.2 Å². The van der Waals surface area contributed by atoms with Gasteiger partial charge in [0, 0.05) is 20.7 Å². The van der Waals surface area contributed by atoms with Gasteiger partial charge in [-0.25, -0.2) is 9.97 Å². The second-order valence-electron chi connectivity index (χ2n) is 6.20. The second kappa shape index (κ2) is 6.40. The molecular weight excluding hydrogens is 426 g/mol. The lowest BCUT2D eigenvalue weighted by Gasteiger charge is -2.01. The molecule has 0 saturated carbocycles. The van der Waals surface area contributed by atoms with Gasteiger partial charge in [-0.05, 0) is 60.7 Å². The zero-order chi connectivity index (χ0) is 18.4. The summed E-state index contributed by atoms with van der Waals surface area (Å²) in [4.78, 5) is 15.9. The average molecular weight is 439 g/mol. The van der Waals surface area contributed by atoms with E-state index in [9.17, 15) is 0 Å². The molecule has 27 heavy (non-hydrogen) atoms. The van der Waals surface area contributed by atoms with Gasteiger partial charge in [0.05, 0.1) is 22.1 Å². The van der Waals surface area contributed by atoms with Crippen molar-refractivity contribution >= 4 is 61.2 Å². The van der Waals surface area contributed by atoms with Gasteiger partial charge in [0.2, 0.25) is 5.95 Å². The lowest BCUT2D eigenvalue weighted by Crippen LogP contribution is -1.91. The second-order valence-corrected chi connectivity index (χ2v) is 7.55. The van der Waals surface area contributed by atoms with E-state index in [1.807, 2.05) is 60.7 Å². The van der Waals surface area contributed by atoms with Gasteiger partial charge in [0.25, 0.3) is 0 Å². The molecule has 5 nitrogen and oxygen atoms in total. The maximum absolute atomic E-state index is 6.06. The third kappa shape index (κ3) is 3.18. The van der Waals surface area contributed by atoms with Crippen molar-refractivity contribution in [2.45, 2.75) is 0 Å². The van der Waals surface area contributed by atoms with Gasteiger partial charge in [0.1, 0.15) is 5.82 Å². The van der Waals surface area contributed by atoms with Crippen LogP contribution in [0.2, 0.25) is 5.02 Å². The van der Waals surface area contributed by atoms with Crippen molar-refractivity contribution in [3.63, 3.8) is 0 Å². The Balaban J connectivity index is 1.50. The Morgan fingerprint density at radius 1 is 0.815 bits per heavy atom. The first-order chi connectivity index (χ1) is 13.1. The summed E-state index contributed by atoms with van der Waals surface area (Å²) in [6.07, 6.45) is 0. The molecule has 2 heterocycles. The van der Waals surface area contributed by atoms with E-state index in [0.717, 1.165) is 43.6 Å². The van der Waals surface area contributed by atoms with Gasteiger partial charge < -0.3 is 15.3 Å². The first-order valence-electron chi connectivity index (χ1n) is 8.32. The molecular formula is C20H13BrClN5. The molecule has 0 fully saturated rings. The van der Waals surface area contributed by atoms with Crippen LogP contribution in [0.4, 0.5) is 11.6 Å². The van der Waals surface area contributed by atoms with Crippen LogP contribution in [0.15, 0.2) is 65.1 Å². The average Bonchev–Trinajstić information content (AvgIpc) is 3.25. The molecule has 0 bridgehead atoms. The van der Waals surface area contributed by atoms with E-state index in [1.165, 1.54) is 0 Å². The topological polar surface area (TPSA) is 69.4 Å². The predicted octanol–water partition coefficient (Wildman–Crippen LogP) is 6.27. The SMILES string of the molecule is Clc1ccc2nc(-c3ccc4nc(Nc5ccc(Br)cc5)[nH]c4c3)[nH]c2c1. The number of aromatic nitrogens is 4. The normalized spacial score (nSPS) is 11.3. The van der Waals surface area contributed by atoms with Crippen LogP contribution < -0.4 is 5.32 Å². The van der Waals surface area contributed by atoms with Crippen LogP contribution in [0.5, 0.6) is 0 Å². The van der Waals surface area contributed by atoms with E-state index in [4.69, 9.17) is 11.6 Å². The van der Waals surface area contributed by atoms with Crippen molar-refractivity contribution < 1.29 is 0 Å². The lowest BCUT2D eigenvalue weighted by atomic mass is 10.2. The highest BCUT2D eigenvalue weighted by atomic mass is 79.9. The molecule has 5 rings (SSSR count). The number of aromatic amines is 2. The molecule has 0 unspecified atom stereocenters. The number of nitrogens with zero attached hydrogens (tertiary/aromatic N) is 2. The number of benzene rings is 3. The summed E-state index contributed by atoms with van der Waals surface area (Å²) in [7, 11) is 0. The number of rotatable bonds is 3. The minimum Gasteiger partial charge on any atom is -0.338 e. The minimum atomic E-state index is 0.686. The molecule has 0 aliphatic rings. The molecule has 7 heteroatoms. The smallest absolute Gasteiger partial charge is 0.205 e. The number of nitrogens with one attached hydrogen (secondary N) is 3. The monoisotopic (exact) mass is 437 g/mol. The van der Waals surface area contributed by atoms with E-state index in [2.05, 4.69) is 41.2 Å². The number of fused-ring (bicyclic) bond motifs is 2. The Labute approximate surface area is 167 Å². The number of halogens is 2. The zero-order valence-corrected chi connectivity index (χ0v) is 16.3. The van der Waals surface area contributed by atoms with Gasteiger partial charge in [-0.2, -0.15) is 0 Å².